The van der Waals surface area contributed by atoms with Gasteiger partial charge in [0.1, 0.15) is 0 Å². The average molecular weight is 292 g/mol. The molecular weight excluding hydrogens is 279 g/mol. The van der Waals surface area contributed by atoms with Gasteiger partial charge in [0.25, 0.3) is 0 Å². The van der Waals surface area contributed by atoms with Gasteiger partial charge in [0.2, 0.25) is 0 Å². The van der Waals surface area contributed by atoms with Crippen LogP contribution in [0.1, 0.15) is 5.56 Å². The van der Waals surface area contributed by atoms with Gasteiger partial charge in [-0.3, -0.25) is 0 Å². The maximum absolute atomic E-state index is 11.3. The highest BCUT2D eigenvalue weighted by atomic mass is 79.9. The molecule has 0 aromatic heterocycles. The van der Waals surface area contributed by atoms with E-state index in [1.54, 1.807) is 0 Å². The van der Waals surface area contributed by atoms with Crippen LogP contribution in [0.2, 0.25) is 0 Å². The number of urea groups is 1. The Hall–Kier alpha value is -0.740. The number of alkyl halides is 1. The molecule has 0 fully saturated rings. The van der Waals surface area contributed by atoms with Crippen LogP contribution in [0.5, 0.6) is 0 Å². The van der Waals surface area contributed by atoms with Gasteiger partial charge in [0.05, 0.1) is 0 Å². The minimum atomic E-state index is -0.239. The summed E-state index contributed by atoms with van der Waals surface area (Å²) in [6, 6.07) is 5.41. The van der Waals surface area contributed by atoms with E-state index in [9.17, 15) is 4.79 Å². The number of hydrogen-bond donors (Lipinski definition) is 2. The zero-order valence-corrected chi connectivity index (χ0v) is 10.7. The van der Waals surface area contributed by atoms with Crippen LogP contribution in [-0.4, -0.2) is 18.5 Å². The van der Waals surface area contributed by atoms with Gasteiger partial charge in [-0.05, 0) is 24.6 Å². The first-order valence-corrected chi connectivity index (χ1v) is 5.84. The number of carbonyl (C=O) groups is 1. The van der Waals surface area contributed by atoms with Gasteiger partial charge in [-0.15, -0.1) is 11.6 Å². The maximum Gasteiger partial charge on any atom is 0.319 e. The van der Waals surface area contributed by atoms with Gasteiger partial charge in [-0.1, -0.05) is 22.0 Å². The summed E-state index contributed by atoms with van der Waals surface area (Å²) in [4.78, 5) is 11.3. The molecule has 82 valence electrons. The lowest BCUT2D eigenvalue weighted by molar-refractivity contribution is 0.252. The number of halogens is 2. The lowest BCUT2D eigenvalue weighted by Crippen LogP contribution is -2.30. The van der Waals surface area contributed by atoms with Crippen molar-refractivity contribution in [3.05, 3.63) is 28.2 Å². The Kier molecular flexibility index (Phi) is 4.91. The van der Waals surface area contributed by atoms with Crippen LogP contribution in [0.25, 0.3) is 0 Å². The van der Waals surface area contributed by atoms with E-state index in [1.165, 1.54) is 0 Å². The second-order valence-corrected chi connectivity index (χ2v) is 4.21. The third kappa shape index (κ3) is 3.72. The predicted molar refractivity (Wildman–Crippen MR) is 66.6 cm³/mol. The lowest BCUT2D eigenvalue weighted by atomic mass is 10.2. The van der Waals surface area contributed by atoms with Crippen LogP contribution in [0.4, 0.5) is 10.5 Å². The number of carbonyl (C=O) groups excluding carboxylic acids is 1. The molecule has 2 N–H and O–H groups in total. The van der Waals surface area contributed by atoms with Gasteiger partial charge < -0.3 is 10.6 Å². The van der Waals surface area contributed by atoms with E-state index in [1.807, 2.05) is 25.1 Å². The number of rotatable bonds is 3. The molecule has 5 heteroatoms. The SMILES string of the molecule is Cc1c(Br)cccc1NC(=O)NCCCl. The van der Waals surface area contributed by atoms with E-state index in [0.29, 0.717) is 12.4 Å². The van der Waals surface area contributed by atoms with Crippen molar-refractivity contribution in [1.82, 2.24) is 5.32 Å². The number of amides is 2. The topological polar surface area (TPSA) is 41.1 Å². The van der Waals surface area contributed by atoms with Gasteiger partial charge in [-0.25, -0.2) is 4.79 Å². The van der Waals surface area contributed by atoms with Crippen molar-refractivity contribution in [1.29, 1.82) is 0 Å². The molecule has 0 radical (unpaired) electrons. The zero-order chi connectivity index (χ0) is 11.3. The van der Waals surface area contributed by atoms with Crippen molar-refractivity contribution >= 4 is 39.2 Å². The van der Waals surface area contributed by atoms with Crippen LogP contribution in [-0.2, 0) is 0 Å². The first-order chi connectivity index (χ1) is 7.15. The van der Waals surface area contributed by atoms with Gasteiger partial charge in [0.15, 0.2) is 0 Å². The fourth-order valence-electron chi connectivity index (χ4n) is 1.07. The molecule has 0 unspecified atom stereocenters. The molecule has 3 nitrogen and oxygen atoms in total. The molecule has 2 amide bonds. The monoisotopic (exact) mass is 290 g/mol. The summed E-state index contributed by atoms with van der Waals surface area (Å²) in [6.07, 6.45) is 0. The largest absolute Gasteiger partial charge is 0.337 e. The van der Waals surface area contributed by atoms with Crippen LogP contribution < -0.4 is 10.6 Å². The number of nitrogens with one attached hydrogen (secondary N) is 2. The highest BCUT2D eigenvalue weighted by molar-refractivity contribution is 9.10. The molecule has 1 rings (SSSR count). The molecule has 0 heterocycles. The second kappa shape index (κ2) is 5.98. The molecule has 0 aliphatic rings. The second-order valence-electron chi connectivity index (χ2n) is 2.98. The average Bonchev–Trinajstić information content (AvgIpc) is 2.22. The van der Waals surface area contributed by atoms with E-state index in [4.69, 9.17) is 11.6 Å². The van der Waals surface area contributed by atoms with Crippen molar-refractivity contribution in [3.8, 4) is 0 Å². The first kappa shape index (κ1) is 12.3. The van der Waals surface area contributed by atoms with Gasteiger partial charge >= 0.3 is 6.03 Å². The normalized spacial score (nSPS) is 9.80. The molecule has 1 aromatic carbocycles. The summed E-state index contributed by atoms with van der Waals surface area (Å²) in [5, 5.41) is 5.38. The smallest absolute Gasteiger partial charge is 0.319 e. The van der Waals surface area contributed by atoms with Crippen LogP contribution in [0, 0.1) is 6.92 Å². The minimum absolute atomic E-state index is 0.239. The standard InChI is InChI=1S/C10H12BrClN2O/c1-7-8(11)3-2-4-9(7)14-10(15)13-6-5-12/h2-4H,5-6H2,1H3,(H2,13,14,15). The molecule has 15 heavy (non-hydrogen) atoms. The highest BCUT2D eigenvalue weighted by Gasteiger charge is 2.04. The molecule has 0 bridgehead atoms. The zero-order valence-electron chi connectivity index (χ0n) is 8.31. The molecule has 0 saturated heterocycles. The van der Waals surface area contributed by atoms with E-state index in [0.717, 1.165) is 15.7 Å². The Bertz CT molecular complexity index is 357. The summed E-state index contributed by atoms with van der Waals surface area (Å²) in [6.45, 7) is 2.39. The summed E-state index contributed by atoms with van der Waals surface area (Å²) in [5.41, 5.74) is 1.79. The summed E-state index contributed by atoms with van der Waals surface area (Å²) in [7, 11) is 0. The number of hydrogen-bond acceptors (Lipinski definition) is 1. The fraction of sp³-hybridized carbons (Fsp3) is 0.300. The van der Waals surface area contributed by atoms with Crippen LogP contribution in [0.3, 0.4) is 0 Å². The highest BCUT2D eigenvalue weighted by Crippen LogP contribution is 2.23. The van der Waals surface area contributed by atoms with Crippen molar-refractivity contribution in [2.75, 3.05) is 17.7 Å². The molecule has 0 saturated carbocycles. The van der Waals surface area contributed by atoms with Crippen molar-refractivity contribution in [2.45, 2.75) is 6.92 Å². The van der Waals surface area contributed by atoms with Crippen molar-refractivity contribution in [2.24, 2.45) is 0 Å². The van der Waals surface area contributed by atoms with Crippen molar-refractivity contribution < 1.29 is 4.79 Å². The Labute approximate surface area is 102 Å². The summed E-state index contributed by atoms with van der Waals surface area (Å²) < 4.78 is 0.970. The quantitative estimate of drug-likeness (QED) is 0.826. The van der Waals surface area contributed by atoms with E-state index in [-0.39, 0.29) is 6.03 Å². The molecule has 0 aliphatic heterocycles. The molecule has 0 spiro atoms. The Morgan fingerprint density at radius 1 is 1.53 bits per heavy atom. The summed E-state index contributed by atoms with van der Waals surface area (Å²) in [5.74, 6) is 0.408. The third-order valence-corrected chi connectivity index (χ3v) is 2.94. The predicted octanol–water partition coefficient (Wildman–Crippen LogP) is 3.12. The Balaban J connectivity index is 2.64. The molecular formula is C10H12BrClN2O. The maximum atomic E-state index is 11.3. The minimum Gasteiger partial charge on any atom is -0.337 e. The van der Waals surface area contributed by atoms with Crippen molar-refractivity contribution in [3.63, 3.8) is 0 Å². The lowest BCUT2D eigenvalue weighted by Gasteiger charge is -2.09. The Morgan fingerprint density at radius 3 is 2.93 bits per heavy atom. The fourth-order valence-corrected chi connectivity index (χ4v) is 1.53. The molecule has 1 aromatic rings. The third-order valence-electron chi connectivity index (χ3n) is 1.90. The summed E-state index contributed by atoms with van der Waals surface area (Å²) >= 11 is 8.85. The van der Waals surface area contributed by atoms with E-state index >= 15 is 0 Å². The number of anilines is 1. The number of benzene rings is 1. The van der Waals surface area contributed by atoms with Crippen LogP contribution >= 0.6 is 27.5 Å². The first-order valence-electron chi connectivity index (χ1n) is 4.51. The van der Waals surface area contributed by atoms with Gasteiger partial charge in [0, 0.05) is 22.6 Å². The molecule has 0 atom stereocenters. The van der Waals surface area contributed by atoms with Crippen LogP contribution in [0.15, 0.2) is 22.7 Å². The Morgan fingerprint density at radius 2 is 2.27 bits per heavy atom. The molecule has 0 aliphatic carbocycles. The van der Waals surface area contributed by atoms with Gasteiger partial charge in [-0.2, -0.15) is 0 Å². The van der Waals surface area contributed by atoms with E-state index < -0.39 is 0 Å². The van der Waals surface area contributed by atoms with E-state index in [2.05, 4.69) is 26.6 Å².